The molecule has 0 spiro atoms. The molecule has 0 aliphatic heterocycles. The molecule has 1 aromatic rings. The molecule has 78 valence electrons. The molecule has 0 amide bonds. The Labute approximate surface area is 89.8 Å². The molecule has 0 aliphatic carbocycles. The molecule has 3 nitrogen and oxygen atoms in total. The number of ether oxygens (including phenoxy) is 1. The minimum atomic E-state index is -0.846. The third-order valence-corrected chi connectivity index (χ3v) is 2.61. The van der Waals surface area contributed by atoms with Gasteiger partial charge in [0, 0.05) is 12.1 Å². The largest absolute Gasteiger partial charge is 0.495 e. The van der Waals surface area contributed by atoms with E-state index in [2.05, 4.69) is 15.9 Å². The minimum Gasteiger partial charge on any atom is -0.495 e. The highest BCUT2D eigenvalue weighted by Crippen LogP contribution is 2.34. The number of benzene rings is 1. The summed E-state index contributed by atoms with van der Waals surface area (Å²) in [6.45, 7) is 0.0639. The maximum absolute atomic E-state index is 13.1. The highest BCUT2D eigenvalue weighted by atomic mass is 79.9. The van der Waals surface area contributed by atoms with Gasteiger partial charge in [0.1, 0.15) is 11.6 Å². The highest BCUT2D eigenvalue weighted by Gasteiger charge is 2.16. The van der Waals surface area contributed by atoms with E-state index >= 15 is 0 Å². The van der Waals surface area contributed by atoms with Crippen LogP contribution in [0.25, 0.3) is 0 Å². The summed E-state index contributed by atoms with van der Waals surface area (Å²) in [5.41, 5.74) is 5.78. The molecule has 1 rings (SSSR count). The van der Waals surface area contributed by atoms with Gasteiger partial charge in [-0.15, -0.1) is 0 Å². The van der Waals surface area contributed by atoms with Gasteiger partial charge in [-0.05, 0) is 28.1 Å². The first-order valence-corrected chi connectivity index (χ1v) is 4.81. The SMILES string of the molecule is COc1c(C(O)CN)ccc(F)c1Br. The second-order valence-electron chi connectivity index (χ2n) is 2.74. The molecule has 5 heteroatoms. The molecule has 0 aromatic heterocycles. The Kier molecular flexibility index (Phi) is 3.86. The van der Waals surface area contributed by atoms with E-state index in [1.165, 1.54) is 19.2 Å². The fourth-order valence-electron chi connectivity index (χ4n) is 1.14. The monoisotopic (exact) mass is 263 g/mol. The molecule has 14 heavy (non-hydrogen) atoms. The first kappa shape index (κ1) is 11.4. The smallest absolute Gasteiger partial charge is 0.141 e. The number of halogens is 2. The van der Waals surface area contributed by atoms with E-state index in [9.17, 15) is 9.50 Å². The second-order valence-corrected chi connectivity index (χ2v) is 3.53. The predicted molar refractivity (Wildman–Crippen MR) is 54.7 cm³/mol. The Balaban J connectivity index is 3.23. The number of hydrogen-bond acceptors (Lipinski definition) is 3. The fourth-order valence-corrected chi connectivity index (χ4v) is 1.67. The minimum absolute atomic E-state index is 0.0639. The molecule has 0 bridgehead atoms. The molecule has 0 saturated heterocycles. The number of aliphatic hydroxyl groups excluding tert-OH is 1. The number of hydrogen-bond donors (Lipinski definition) is 2. The fraction of sp³-hybridized carbons (Fsp3) is 0.333. The summed E-state index contributed by atoms with van der Waals surface area (Å²) in [6, 6.07) is 2.71. The van der Waals surface area contributed by atoms with Crippen molar-refractivity contribution in [1.82, 2.24) is 0 Å². The summed E-state index contributed by atoms with van der Waals surface area (Å²) < 4.78 is 18.3. The van der Waals surface area contributed by atoms with Crippen molar-refractivity contribution < 1.29 is 14.2 Å². The quantitative estimate of drug-likeness (QED) is 0.871. The van der Waals surface area contributed by atoms with Crippen LogP contribution in [0.3, 0.4) is 0 Å². The van der Waals surface area contributed by atoms with Gasteiger partial charge in [-0.2, -0.15) is 0 Å². The van der Waals surface area contributed by atoms with Crippen LogP contribution in [0.2, 0.25) is 0 Å². The summed E-state index contributed by atoms with van der Waals surface area (Å²) in [4.78, 5) is 0. The van der Waals surface area contributed by atoms with E-state index in [1.54, 1.807) is 0 Å². The van der Waals surface area contributed by atoms with Crippen LogP contribution in [0.4, 0.5) is 4.39 Å². The van der Waals surface area contributed by atoms with E-state index in [0.29, 0.717) is 5.56 Å². The van der Waals surface area contributed by atoms with Crippen LogP contribution in [-0.4, -0.2) is 18.8 Å². The Hall–Kier alpha value is -0.650. The number of nitrogens with two attached hydrogens (primary N) is 1. The van der Waals surface area contributed by atoms with E-state index < -0.39 is 11.9 Å². The summed E-state index contributed by atoms with van der Waals surface area (Å²) >= 11 is 3.04. The molecule has 1 atom stereocenters. The van der Waals surface area contributed by atoms with Crippen LogP contribution in [0.1, 0.15) is 11.7 Å². The standard InChI is InChI=1S/C9H11BrFNO2/c1-14-9-5(7(13)4-12)2-3-6(11)8(9)10/h2-3,7,13H,4,12H2,1H3. The average Bonchev–Trinajstić information content (AvgIpc) is 2.20. The van der Waals surface area contributed by atoms with Crippen LogP contribution in [0.15, 0.2) is 16.6 Å². The van der Waals surface area contributed by atoms with Crippen LogP contribution in [0, 0.1) is 5.82 Å². The van der Waals surface area contributed by atoms with Crippen LogP contribution in [-0.2, 0) is 0 Å². The normalized spacial score (nSPS) is 12.6. The molecular weight excluding hydrogens is 253 g/mol. The highest BCUT2D eigenvalue weighted by molar-refractivity contribution is 9.10. The van der Waals surface area contributed by atoms with Gasteiger partial charge in [-0.1, -0.05) is 0 Å². The van der Waals surface area contributed by atoms with Crippen molar-refractivity contribution in [2.75, 3.05) is 13.7 Å². The lowest BCUT2D eigenvalue weighted by molar-refractivity contribution is 0.181. The number of aliphatic hydroxyl groups is 1. The Morgan fingerprint density at radius 1 is 1.64 bits per heavy atom. The molecular formula is C9H11BrFNO2. The maximum atomic E-state index is 13.1. The van der Waals surface area contributed by atoms with E-state index in [1.807, 2.05) is 0 Å². The van der Waals surface area contributed by atoms with Crippen molar-refractivity contribution in [1.29, 1.82) is 0 Å². The summed E-state index contributed by atoms with van der Waals surface area (Å²) in [5, 5.41) is 9.51. The summed E-state index contributed by atoms with van der Waals surface area (Å²) in [7, 11) is 1.41. The zero-order chi connectivity index (χ0) is 10.7. The van der Waals surface area contributed by atoms with Crippen LogP contribution in [0.5, 0.6) is 5.75 Å². The zero-order valence-electron chi connectivity index (χ0n) is 7.63. The predicted octanol–water partition coefficient (Wildman–Crippen LogP) is 1.59. The first-order valence-electron chi connectivity index (χ1n) is 4.01. The summed E-state index contributed by atoms with van der Waals surface area (Å²) in [6.07, 6.45) is -0.846. The topological polar surface area (TPSA) is 55.5 Å². The molecule has 0 radical (unpaired) electrons. The van der Waals surface area contributed by atoms with Gasteiger partial charge in [0.25, 0.3) is 0 Å². The van der Waals surface area contributed by atoms with Gasteiger partial charge in [0.2, 0.25) is 0 Å². The molecule has 1 unspecified atom stereocenters. The van der Waals surface area contributed by atoms with E-state index in [4.69, 9.17) is 10.5 Å². The van der Waals surface area contributed by atoms with Gasteiger partial charge in [-0.25, -0.2) is 4.39 Å². The van der Waals surface area contributed by atoms with Crippen molar-refractivity contribution in [2.24, 2.45) is 5.73 Å². The van der Waals surface area contributed by atoms with Gasteiger partial charge in [-0.3, -0.25) is 0 Å². The van der Waals surface area contributed by atoms with Gasteiger partial charge in [0.15, 0.2) is 0 Å². The zero-order valence-corrected chi connectivity index (χ0v) is 9.21. The Bertz CT molecular complexity index is 333. The number of methoxy groups -OCH3 is 1. The molecule has 0 aliphatic rings. The van der Waals surface area contributed by atoms with E-state index in [-0.39, 0.29) is 16.8 Å². The van der Waals surface area contributed by atoms with E-state index in [0.717, 1.165) is 0 Å². The van der Waals surface area contributed by atoms with Crippen molar-refractivity contribution >= 4 is 15.9 Å². The average molecular weight is 264 g/mol. The lowest BCUT2D eigenvalue weighted by Gasteiger charge is -2.14. The third kappa shape index (κ3) is 2.05. The molecule has 3 N–H and O–H groups in total. The maximum Gasteiger partial charge on any atom is 0.141 e. The molecule has 0 fully saturated rings. The lowest BCUT2D eigenvalue weighted by Crippen LogP contribution is -2.13. The molecule has 0 saturated carbocycles. The molecule has 0 heterocycles. The van der Waals surface area contributed by atoms with Gasteiger partial charge < -0.3 is 15.6 Å². The van der Waals surface area contributed by atoms with Gasteiger partial charge >= 0.3 is 0 Å². The van der Waals surface area contributed by atoms with Crippen molar-refractivity contribution in [3.05, 3.63) is 28.0 Å². The van der Waals surface area contributed by atoms with Crippen molar-refractivity contribution in [3.8, 4) is 5.75 Å². The first-order chi connectivity index (χ1) is 6.61. The van der Waals surface area contributed by atoms with Crippen molar-refractivity contribution in [2.45, 2.75) is 6.10 Å². The molecule has 1 aromatic carbocycles. The second kappa shape index (κ2) is 4.72. The van der Waals surface area contributed by atoms with Crippen LogP contribution < -0.4 is 10.5 Å². The lowest BCUT2D eigenvalue weighted by atomic mass is 10.1. The van der Waals surface area contributed by atoms with Crippen molar-refractivity contribution in [3.63, 3.8) is 0 Å². The number of rotatable bonds is 3. The Morgan fingerprint density at radius 3 is 2.79 bits per heavy atom. The Morgan fingerprint density at radius 2 is 2.29 bits per heavy atom. The van der Waals surface area contributed by atoms with Gasteiger partial charge in [0.05, 0.1) is 17.7 Å². The van der Waals surface area contributed by atoms with Crippen LogP contribution >= 0.6 is 15.9 Å². The third-order valence-electron chi connectivity index (χ3n) is 1.87. The summed E-state index contributed by atoms with van der Waals surface area (Å²) in [5.74, 6) is -0.155.